The monoisotopic (exact) mass is 373 g/mol. The number of amides is 2. The first kappa shape index (κ1) is 17.9. The Hall–Kier alpha value is -2.91. The lowest BCUT2D eigenvalue weighted by Gasteiger charge is -2.09. The summed E-state index contributed by atoms with van der Waals surface area (Å²) >= 11 is 0. The van der Waals surface area contributed by atoms with Crippen LogP contribution in [0, 0.1) is 0 Å². The lowest BCUT2D eigenvalue weighted by atomic mass is 10.1. The summed E-state index contributed by atoms with van der Waals surface area (Å²) in [5.74, 6) is -0.0780. The summed E-state index contributed by atoms with van der Waals surface area (Å²) in [7, 11) is -1.91. The van der Waals surface area contributed by atoms with Crippen LogP contribution in [0.25, 0.3) is 11.0 Å². The predicted octanol–water partition coefficient (Wildman–Crippen LogP) is 1.54. The van der Waals surface area contributed by atoms with Gasteiger partial charge in [0.15, 0.2) is 0 Å². The van der Waals surface area contributed by atoms with Gasteiger partial charge in [0, 0.05) is 6.54 Å². The predicted molar refractivity (Wildman–Crippen MR) is 99.5 cm³/mol. The maximum atomic E-state index is 12.1. The van der Waals surface area contributed by atoms with Crippen LogP contribution >= 0.6 is 0 Å². The molecule has 9 heteroatoms. The summed E-state index contributed by atoms with van der Waals surface area (Å²) in [6.07, 6.45) is 1.54. The zero-order valence-corrected chi connectivity index (χ0v) is 15.0. The molecule has 3 N–H and O–H groups in total. The number of fused-ring (bicyclic) bond motifs is 1. The van der Waals surface area contributed by atoms with Gasteiger partial charge in [0.2, 0.25) is 10.0 Å². The molecular formula is C17H19N5O3S. The van der Waals surface area contributed by atoms with E-state index in [2.05, 4.69) is 20.4 Å². The van der Waals surface area contributed by atoms with Gasteiger partial charge in [-0.3, -0.25) is 0 Å². The first-order valence-electron chi connectivity index (χ1n) is 7.93. The summed E-state index contributed by atoms with van der Waals surface area (Å²) in [6, 6.07) is 14.1. The molecule has 0 fully saturated rings. The minimum absolute atomic E-state index is 0.0780. The number of aromatic nitrogens is 2. The highest BCUT2D eigenvalue weighted by Gasteiger charge is 2.09. The molecule has 1 aromatic heterocycles. The van der Waals surface area contributed by atoms with Gasteiger partial charge in [-0.1, -0.05) is 36.4 Å². The fraction of sp³-hybridized carbons (Fsp3) is 0.176. The Kier molecular flexibility index (Phi) is 5.19. The molecule has 136 valence electrons. The Labute approximate surface area is 151 Å². The van der Waals surface area contributed by atoms with Crippen molar-refractivity contribution < 1.29 is 13.2 Å². The standard InChI is InChI=1S/C17H19N5O3S/c1-18-26(24,25)11-14-8-6-13(7-9-14)10-19-17(23)21-22-12-20-15-4-2-3-5-16(15)22/h2-9,12,18H,10-11H2,1H3,(H2,19,21,23). The summed E-state index contributed by atoms with van der Waals surface area (Å²) in [5, 5.41) is 2.75. The van der Waals surface area contributed by atoms with Gasteiger partial charge in [-0.15, -0.1) is 0 Å². The van der Waals surface area contributed by atoms with E-state index in [0.717, 1.165) is 16.6 Å². The molecule has 0 unspecified atom stereocenters. The van der Waals surface area contributed by atoms with Gasteiger partial charge < -0.3 is 5.32 Å². The van der Waals surface area contributed by atoms with Crippen LogP contribution in [0.2, 0.25) is 0 Å². The average molecular weight is 373 g/mol. The second kappa shape index (κ2) is 7.54. The molecule has 3 rings (SSSR count). The van der Waals surface area contributed by atoms with E-state index in [-0.39, 0.29) is 11.8 Å². The van der Waals surface area contributed by atoms with E-state index in [4.69, 9.17) is 0 Å². The highest BCUT2D eigenvalue weighted by atomic mass is 32.2. The first-order chi connectivity index (χ1) is 12.5. The molecule has 0 aliphatic carbocycles. The molecule has 2 amide bonds. The number of nitrogens with zero attached hydrogens (tertiary/aromatic N) is 2. The van der Waals surface area contributed by atoms with Crippen molar-refractivity contribution in [2.24, 2.45) is 0 Å². The highest BCUT2D eigenvalue weighted by molar-refractivity contribution is 7.88. The lowest BCUT2D eigenvalue weighted by molar-refractivity contribution is 0.249. The number of nitrogens with one attached hydrogen (secondary N) is 3. The number of carbonyl (C=O) groups is 1. The van der Waals surface area contributed by atoms with Gasteiger partial charge in [-0.05, 0) is 30.3 Å². The minimum atomic E-state index is -3.30. The van der Waals surface area contributed by atoms with Gasteiger partial charge in [-0.2, -0.15) is 0 Å². The average Bonchev–Trinajstić information content (AvgIpc) is 3.04. The van der Waals surface area contributed by atoms with Crippen molar-refractivity contribution in [1.29, 1.82) is 0 Å². The maximum Gasteiger partial charge on any atom is 0.334 e. The Bertz CT molecular complexity index is 1010. The second-order valence-electron chi connectivity index (χ2n) is 5.68. The van der Waals surface area contributed by atoms with Crippen molar-refractivity contribution in [3.05, 3.63) is 66.0 Å². The number of rotatable bonds is 6. The van der Waals surface area contributed by atoms with Crippen LogP contribution in [0.1, 0.15) is 11.1 Å². The molecule has 0 atom stereocenters. The topological polar surface area (TPSA) is 105 Å². The molecule has 3 aromatic rings. The largest absolute Gasteiger partial charge is 0.334 e. The van der Waals surface area contributed by atoms with Gasteiger partial charge in [0.1, 0.15) is 6.33 Å². The molecule has 0 radical (unpaired) electrons. The molecular weight excluding hydrogens is 354 g/mol. The molecule has 0 spiro atoms. The SMILES string of the molecule is CNS(=O)(=O)Cc1ccc(CNC(=O)Nn2cnc3ccccc32)cc1. The number of carbonyl (C=O) groups excluding carboxylic acids is 1. The number of hydrogen-bond donors (Lipinski definition) is 3. The summed E-state index contributed by atoms with van der Waals surface area (Å²) in [6.45, 7) is 0.317. The second-order valence-corrected chi connectivity index (χ2v) is 7.60. The van der Waals surface area contributed by atoms with E-state index in [0.29, 0.717) is 12.1 Å². The van der Waals surface area contributed by atoms with Crippen LogP contribution in [0.15, 0.2) is 54.9 Å². The Morgan fingerprint density at radius 3 is 2.50 bits per heavy atom. The van der Waals surface area contributed by atoms with E-state index in [9.17, 15) is 13.2 Å². The van der Waals surface area contributed by atoms with Crippen LogP contribution in [-0.2, 0) is 22.3 Å². The highest BCUT2D eigenvalue weighted by Crippen LogP contribution is 2.10. The summed E-state index contributed by atoms with van der Waals surface area (Å²) in [4.78, 5) is 16.3. The smallest absolute Gasteiger partial charge is 0.333 e. The van der Waals surface area contributed by atoms with E-state index in [1.807, 2.05) is 24.3 Å². The van der Waals surface area contributed by atoms with E-state index in [1.54, 1.807) is 35.3 Å². The minimum Gasteiger partial charge on any atom is -0.333 e. The number of para-hydroxylation sites is 2. The molecule has 1 heterocycles. The summed E-state index contributed by atoms with van der Waals surface area (Å²) < 4.78 is 26.9. The summed E-state index contributed by atoms with van der Waals surface area (Å²) in [5.41, 5.74) is 5.84. The van der Waals surface area contributed by atoms with Crippen LogP contribution in [0.5, 0.6) is 0 Å². The molecule has 0 aliphatic heterocycles. The number of urea groups is 1. The quantitative estimate of drug-likeness (QED) is 0.609. The number of benzene rings is 2. The van der Waals surface area contributed by atoms with E-state index >= 15 is 0 Å². The van der Waals surface area contributed by atoms with Gasteiger partial charge in [-0.25, -0.2) is 33.0 Å². The van der Waals surface area contributed by atoms with Crippen LogP contribution in [0.3, 0.4) is 0 Å². The molecule has 26 heavy (non-hydrogen) atoms. The van der Waals surface area contributed by atoms with Crippen LogP contribution in [-0.4, -0.2) is 31.2 Å². The van der Waals surface area contributed by atoms with Crippen LogP contribution in [0.4, 0.5) is 4.79 Å². The normalized spacial score (nSPS) is 11.4. The third-order valence-corrected chi connectivity index (χ3v) is 5.15. The fourth-order valence-corrected chi connectivity index (χ4v) is 3.20. The van der Waals surface area contributed by atoms with Gasteiger partial charge >= 0.3 is 6.03 Å². The van der Waals surface area contributed by atoms with Crippen molar-refractivity contribution in [1.82, 2.24) is 19.7 Å². The van der Waals surface area contributed by atoms with Crippen molar-refractivity contribution in [2.75, 3.05) is 12.5 Å². The van der Waals surface area contributed by atoms with Crippen molar-refractivity contribution in [3.63, 3.8) is 0 Å². The molecule has 0 saturated heterocycles. The zero-order valence-electron chi connectivity index (χ0n) is 14.1. The molecule has 0 aliphatic rings. The number of imidazole rings is 1. The van der Waals surface area contributed by atoms with Crippen molar-refractivity contribution in [2.45, 2.75) is 12.3 Å². The first-order valence-corrected chi connectivity index (χ1v) is 9.58. The zero-order chi connectivity index (χ0) is 18.6. The van der Waals surface area contributed by atoms with Crippen molar-refractivity contribution in [3.8, 4) is 0 Å². The Balaban J connectivity index is 1.56. The Morgan fingerprint density at radius 2 is 1.77 bits per heavy atom. The number of hydrogen-bond acceptors (Lipinski definition) is 4. The molecule has 0 saturated carbocycles. The molecule has 2 aromatic carbocycles. The van der Waals surface area contributed by atoms with Gasteiger partial charge in [0.25, 0.3) is 0 Å². The third-order valence-electron chi connectivity index (χ3n) is 3.82. The lowest BCUT2D eigenvalue weighted by Crippen LogP contribution is -2.33. The maximum absolute atomic E-state index is 12.1. The van der Waals surface area contributed by atoms with Crippen LogP contribution < -0.4 is 15.5 Å². The number of sulfonamides is 1. The Morgan fingerprint density at radius 1 is 1.08 bits per heavy atom. The van der Waals surface area contributed by atoms with Gasteiger partial charge in [0.05, 0.1) is 16.8 Å². The van der Waals surface area contributed by atoms with E-state index in [1.165, 1.54) is 7.05 Å². The fourth-order valence-electron chi connectivity index (χ4n) is 2.42. The molecule has 0 bridgehead atoms. The third kappa shape index (κ3) is 4.38. The van der Waals surface area contributed by atoms with E-state index < -0.39 is 10.0 Å². The van der Waals surface area contributed by atoms with Crippen molar-refractivity contribution >= 4 is 27.1 Å². The molecule has 8 nitrogen and oxygen atoms in total.